The Morgan fingerprint density at radius 2 is 1.66 bits per heavy atom. The van der Waals surface area contributed by atoms with Crippen LogP contribution in [0.2, 0.25) is 0 Å². The normalized spacial score (nSPS) is 20.5. The molecule has 2 bridgehead atoms. The Labute approximate surface area is 168 Å². The summed E-state index contributed by atoms with van der Waals surface area (Å²) in [6, 6.07) is 17.2. The molecule has 2 fully saturated rings. The molecule has 0 unspecified atom stereocenters. The second kappa shape index (κ2) is 8.32. The molecule has 0 radical (unpaired) electrons. The van der Waals surface area contributed by atoms with Gasteiger partial charge >= 0.3 is 6.03 Å². The summed E-state index contributed by atoms with van der Waals surface area (Å²) in [4.78, 5) is 44.7. The van der Waals surface area contributed by atoms with Crippen LogP contribution in [0.3, 0.4) is 0 Å². The zero-order valence-electron chi connectivity index (χ0n) is 15.8. The molecule has 2 aliphatic heterocycles. The summed E-state index contributed by atoms with van der Waals surface area (Å²) in [7, 11) is 0. The van der Waals surface area contributed by atoms with Crippen molar-refractivity contribution >= 4 is 17.8 Å². The van der Waals surface area contributed by atoms with Crippen molar-refractivity contribution in [3.05, 3.63) is 71.8 Å². The summed E-state index contributed by atoms with van der Waals surface area (Å²) in [5.41, 5.74) is 6.25. The second-order valence-electron chi connectivity index (χ2n) is 7.08. The van der Waals surface area contributed by atoms with Crippen LogP contribution in [0.15, 0.2) is 60.7 Å². The highest BCUT2D eigenvalue weighted by Gasteiger charge is 2.48. The highest BCUT2D eigenvalue weighted by molar-refractivity contribution is 5.96. The van der Waals surface area contributed by atoms with Gasteiger partial charge in [-0.25, -0.2) is 4.79 Å². The number of carbonyl (C=O) groups is 3. The maximum Gasteiger partial charge on any atom is 0.345 e. The van der Waals surface area contributed by atoms with Crippen LogP contribution in [-0.4, -0.2) is 46.4 Å². The molecule has 150 valence electrons. The van der Waals surface area contributed by atoms with Crippen molar-refractivity contribution < 1.29 is 19.2 Å². The number of hydrogen-bond acceptors (Lipinski definition) is 4. The molecule has 8 heteroatoms. The van der Waals surface area contributed by atoms with Crippen LogP contribution in [-0.2, 0) is 16.2 Å². The van der Waals surface area contributed by atoms with Crippen molar-refractivity contribution in [2.75, 3.05) is 6.54 Å². The molecule has 0 aliphatic carbocycles. The molecule has 2 aromatic rings. The van der Waals surface area contributed by atoms with Gasteiger partial charge in [-0.15, -0.1) is 0 Å². The number of piperidine rings is 1. The second-order valence-corrected chi connectivity index (χ2v) is 7.08. The van der Waals surface area contributed by atoms with E-state index in [1.54, 1.807) is 30.3 Å². The lowest BCUT2D eigenvalue weighted by Gasteiger charge is -2.29. The summed E-state index contributed by atoms with van der Waals surface area (Å²) in [5.74, 6) is -0.820. The van der Waals surface area contributed by atoms with E-state index in [4.69, 9.17) is 4.84 Å². The summed E-state index contributed by atoms with van der Waals surface area (Å²) in [5, 5.41) is 1.38. The molecule has 2 atom stereocenters. The maximum absolute atomic E-state index is 12.7. The number of hydroxylamine groups is 2. The average Bonchev–Trinajstić information content (AvgIpc) is 3.01. The molecule has 0 aromatic heterocycles. The van der Waals surface area contributed by atoms with Crippen LogP contribution in [0.25, 0.3) is 0 Å². The molecule has 0 spiro atoms. The molecule has 4 amide bonds. The van der Waals surface area contributed by atoms with Crippen LogP contribution in [0.5, 0.6) is 0 Å². The van der Waals surface area contributed by atoms with E-state index in [-0.39, 0.29) is 12.1 Å². The molecular weight excluding hydrogens is 372 g/mol. The smallest absolute Gasteiger partial charge is 0.309 e. The summed E-state index contributed by atoms with van der Waals surface area (Å²) >= 11 is 0. The van der Waals surface area contributed by atoms with Crippen LogP contribution in [0, 0.1) is 0 Å². The van der Waals surface area contributed by atoms with E-state index in [1.807, 2.05) is 30.3 Å². The van der Waals surface area contributed by atoms with Crippen molar-refractivity contribution in [1.29, 1.82) is 0 Å². The number of benzene rings is 2. The van der Waals surface area contributed by atoms with E-state index in [2.05, 4.69) is 10.9 Å². The van der Waals surface area contributed by atoms with E-state index in [0.717, 1.165) is 5.56 Å². The number of urea groups is 1. The third-order valence-electron chi connectivity index (χ3n) is 5.17. The number of fused-ring (bicyclic) bond motifs is 2. The number of rotatable bonds is 5. The monoisotopic (exact) mass is 394 g/mol. The highest BCUT2D eigenvalue weighted by Crippen LogP contribution is 2.30. The van der Waals surface area contributed by atoms with Crippen molar-refractivity contribution in [2.45, 2.75) is 31.5 Å². The lowest BCUT2D eigenvalue weighted by atomic mass is 10.0. The predicted octanol–water partition coefficient (Wildman–Crippen LogP) is 1.85. The highest BCUT2D eigenvalue weighted by atomic mass is 16.7. The number of amides is 4. The fraction of sp³-hybridized carbons (Fsp3) is 0.286. The van der Waals surface area contributed by atoms with Gasteiger partial charge in [-0.3, -0.25) is 25.3 Å². The van der Waals surface area contributed by atoms with Gasteiger partial charge in [-0.05, 0) is 30.5 Å². The van der Waals surface area contributed by atoms with Gasteiger partial charge < -0.3 is 4.90 Å². The quantitative estimate of drug-likeness (QED) is 0.758. The van der Waals surface area contributed by atoms with Gasteiger partial charge in [0.15, 0.2) is 0 Å². The first-order valence-electron chi connectivity index (χ1n) is 9.55. The molecule has 0 saturated carbocycles. The van der Waals surface area contributed by atoms with Crippen LogP contribution in [0.4, 0.5) is 4.79 Å². The van der Waals surface area contributed by atoms with Crippen LogP contribution < -0.4 is 10.9 Å². The minimum Gasteiger partial charge on any atom is -0.309 e. The van der Waals surface area contributed by atoms with E-state index >= 15 is 0 Å². The van der Waals surface area contributed by atoms with E-state index in [1.165, 1.54) is 9.96 Å². The number of nitrogens with zero attached hydrogens (tertiary/aromatic N) is 2. The Bertz CT molecular complexity index is 890. The molecule has 8 nitrogen and oxygen atoms in total. The fourth-order valence-electron chi connectivity index (χ4n) is 3.65. The Balaban J connectivity index is 1.33. The number of nitrogens with one attached hydrogen (secondary N) is 2. The van der Waals surface area contributed by atoms with E-state index < -0.39 is 17.9 Å². The Morgan fingerprint density at radius 1 is 0.966 bits per heavy atom. The first-order valence-corrected chi connectivity index (χ1v) is 9.55. The summed E-state index contributed by atoms with van der Waals surface area (Å²) in [6.45, 7) is 0.721. The van der Waals surface area contributed by atoms with Gasteiger partial charge in [0.25, 0.3) is 11.8 Å². The van der Waals surface area contributed by atoms with Gasteiger partial charge in [-0.1, -0.05) is 48.5 Å². The largest absolute Gasteiger partial charge is 0.345 e. The number of hydrogen-bond donors (Lipinski definition) is 2. The van der Waals surface area contributed by atoms with Crippen molar-refractivity contribution in [3.8, 4) is 0 Å². The molecule has 2 aliphatic rings. The SMILES string of the molecule is O=C(NNC(=O)[C@H]1CC[C@@H]2CN1C(=O)N2OCc1ccccc1)c1ccccc1. The van der Waals surface area contributed by atoms with Crippen molar-refractivity contribution in [1.82, 2.24) is 20.8 Å². The minimum atomic E-state index is -0.639. The van der Waals surface area contributed by atoms with Gasteiger partial charge in [-0.2, -0.15) is 5.06 Å². The summed E-state index contributed by atoms with van der Waals surface area (Å²) in [6.07, 6.45) is 1.16. The zero-order chi connectivity index (χ0) is 20.2. The van der Waals surface area contributed by atoms with E-state index in [0.29, 0.717) is 31.6 Å². The number of carbonyl (C=O) groups excluding carboxylic acids is 3. The molecule has 2 N–H and O–H groups in total. The third-order valence-corrected chi connectivity index (χ3v) is 5.17. The lowest BCUT2D eigenvalue weighted by Crippen LogP contribution is -2.54. The van der Waals surface area contributed by atoms with Gasteiger partial charge in [0.2, 0.25) is 0 Å². The molecule has 29 heavy (non-hydrogen) atoms. The summed E-state index contributed by atoms with van der Waals surface area (Å²) < 4.78 is 0. The number of hydrazine groups is 1. The van der Waals surface area contributed by atoms with Gasteiger partial charge in [0.05, 0.1) is 6.04 Å². The first kappa shape index (κ1) is 18.9. The van der Waals surface area contributed by atoms with Gasteiger partial charge in [0.1, 0.15) is 12.6 Å². The molecule has 2 aromatic carbocycles. The maximum atomic E-state index is 12.7. The van der Waals surface area contributed by atoms with E-state index in [9.17, 15) is 14.4 Å². The zero-order valence-corrected chi connectivity index (χ0v) is 15.8. The first-order chi connectivity index (χ1) is 14.1. The van der Waals surface area contributed by atoms with Crippen molar-refractivity contribution in [2.24, 2.45) is 0 Å². The average molecular weight is 394 g/mol. The Kier molecular flexibility index (Phi) is 5.44. The van der Waals surface area contributed by atoms with Crippen LogP contribution >= 0.6 is 0 Å². The standard InChI is InChI=1S/C21H22N4O4/c26-19(16-9-5-2-6-10-16)22-23-20(27)18-12-11-17-13-24(18)21(28)25(17)29-14-15-7-3-1-4-8-15/h1-10,17-18H,11-14H2,(H,22,26)(H,23,27)/t17-,18-/m1/s1. The molecule has 2 heterocycles. The Morgan fingerprint density at radius 3 is 2.38 bits per heavy atom. The Hall–Kier alpha value is -3.39. The van der Waals surface area contributed by atoms with Gasteiger partial charge in [0, 0.05) is 12.1 Å². The lowest BCUT2D eigenvalue weighted by molar-refractivity contribution is -0.140. The fourth-order valence-corrected chi connectivity index (χ4v) is 3.65. The third kappa shape index (κ3) is 4.07. The molecule has 4 rings (SSSR count). The minimum absolute atomic E-state index is 0.0748. The van der Waals surface area contributed by atoms with Crippen LogP contribution in [0.1, 0.15) is 28.8 Å². The van der Waals surface area contributed by atoms with Crippen molar-refractivity contribution in [3.63, 3.8) is 0 Å². The topological polar surface area (TPSA) is 91.0 Å². The predicted molar refractivity (Wildman–Crippen MR) is 104 cm³/mol. The molecule has 2 saturated heterocycles. The molecular formula is C21H22N4O4.